The number of halogens is 1. The van der Waals surface area contributed by atoms with Crippen LogP contribution in [-0.2, 0) is 6.54 Å². The summed E-state index contributed by atoms with van der Waals surface area (Å²) < 4.78 is 2.96. The minimum absolute atomic E-state index is 0.210. The van der Waals surface area contributed by atoms with Crippen molar-refractivity contribution in [2.24, 2.45) is 0 Å². The summed E-state index contributed by atoms with van der Waals surface area (Å²) >= 11 is 3.41. The molecule has 0 atom stereocenters. The van der Waals surface area contributed by atoms with E-state index in [0.717, 1.165) is 28.5 Å². The quantitative estimate of drug-likeness (QED) is 0.710. The van der Waals surface area contributed by atoms with E-state index >= 15 is 0 Å². The van der Waals surface area contributed by atoms with Gasteiger partial charge in [-0.25, -0.2) is 0 Å². The lowest BCUT2D eigenvalue weighted by molar-refractivity contribution is 0.474. The summed E-state index contributed by atoms with van der Waals surface area (Å²) in [6.07, 6.45) is 2.69. The Bertz CT molecular complexity index is 1020. The summed E-state index contributed by atoms with van der Waals surface area (Å²) in [6, 6.07) is 12.8. The predicted molar refractivity (Wildman–Crippen MR) is 94.3 cm³/mol. The van der Waals surface area contributed by atoms with Gasteiger partial charge in [0.15, 0.2) is 0 Å². The van der Waals surface area contributed by atoms with Gasteiger partial charge >= 0.3 is 0 Å². The lowest BCUT2D eigenvalue weighted by Gasteiger charge is -2.07. The van der Waals surface area contributed by atoms with E-state index < -0.39 is 0 Å². The Morgan fingerprint density at radius 1 is 1.22 bits per heavy atom. The summed E-state index contributed by atoms with van der Waals surface area (Å²) in [5, 5.41) is 10.7. The summed E-state index contributed by atoms with van der Waals surface area (Å²) in [4.78, 5) is 16.5. The Labute approximate surface area is 140 Å². The highest BCUT2D eigenvalue weighted by atomic mass is 79.9. The van der Waals surface area contributed by atoms with Crippen LogP contribution in [0.25, 0.3) is 22.6 Å². The highest BCUT2D eigenvalue weighted by Crippen LogP contribution is 2.32. The van der Waals surface area contributed by atoms with Gasteiger partial charge in [-0.05, 0) is 48.4 Å². The molecule has 0 unspecified atom stereocenters. The van der Waals surface area contributed by atoms with Crippen LogP contribution >= 0.6 is 15.9 Å². The number of aryl methyl sites for hydroxylation is 1. The molecule has 4 nitrogen and oxygen atoms in total. The summed E-state index contributed by atoms with van der Waals surface area (Å²) in [5.41, 5.74) is 2.37. The van der Waals surface area contributed by atoms with Crippen molar-refractivity contribution < 1.29 is 5.11 Å². The first kappa shape index (κ1) is 14.2. The number of fused-ring (bicyclic) bond motifs is 3. The number of phenolic OH excluding ortho intramolecular Hbond substituents is 1. The van der Waals surface area contributed by atoms with Gasteiger partial charge in [-0.15, -0.1) is 0 Å². The first-order chi connectivity index (χ1) is 11.1. The summed E-state index contributed by atoms with van der Waals surface area (Å²) in [7, 11) is 0. The maximum absolute atomic E-state index is 12.2. The van der Waals surface area contributed by atoms with Crippen LogP contribution in [0.5, 0.6) is 5.75 Å². The fraction of sp³-hybridized carbons (Fsp3) is 0.111. The van der Waals surface area contributed by atoms with Gasteiger partial charge in [0, 0.05) is 16.6 Å². The molecule has 3 aromatic rings. The second kappa shape index (κ2) is 5.35. The Kier molecular flexibility index (Phi) is 3.31. The van der Waals surface area contributed by atoms with Crippen molar-refractivity contribution in [3.05, 3.63) is 68.7 Å². The van der Waals surface area contributed by atoms with Crippen LogP contribution in [0.2, 0.25) is 0 Å². The van der Waals surface area contributed by atoms with E-state index in [9.17, 15) is 9.90 Å². The number of hydrogen-bond donors (Lipinski definition) is 1. The molecule has 0 saturated carbocycles. The number of benzene rings is 2. The number of allylic oxidation sites excluding steroid dienone is 1. The number of hydrogen-bond acceptors (Lipinski definition) is 3. The van der Waals surface area contributed by atoms with Crippen LogP contribution in [-0.4, -0.2) is 14.7 Å². The van der Waals surface area contributed by atoms with Crippen LogP contribution < -0.4 is 5.56 Å². The van der Waals surface area contributed by atoms with Crippen molar-refractivity contribution in [1.82, 2.24) is 9.55 Å². The molecule has 0 amide bonds. The third-order valence-corrected chi connectivity index (χ3v) is 4.59. The largest absolute Gasteiger partial charge is 0.507 e. The van der Waals surface area contributed by atoms with E-state index in [1.165, 1.54) is 0 Å². The minimum atomic E-state index is -0.210. The average molecular weight is 369 g/mol. The summed E-state index contributed by atoms with van der Waals surface area (Å²) in [5.74, 6) is 0.898. The second-order valence-electron chi connectivity index (χ2n) is 5.53. The van der Waals surface area contributed by atoms with E-state index in [0.29, 0.717) is 16.8 Å². The molecule has 23 heavy (non-hydrogen) atoms. The van der Waals surface area contributed by atoms with Crippen molar-refractivity contribution in [2.45, 2.75) is 13.0 Å². The van der Waals surface area contributed by atoms with E-state index in [-0.39, 0.29) is 11.3 Å². The lowest BCUT2D eigenvalue weighted by atomic mass is 10.1. The molecular formula is C18H13BrN2O2. The van der Waals surface area contributed by atoms with E-state index in [2.05, 4.69) is 25.5 Å². The molecule has 0 aliphatic carbocycles. The van der Waals surface area contributed by atoms with Gasteiger partial charge in [0.1, 0.15) is 11.6 Å². The Balaban J connectivity index is 1.93. The maximum Gasteiger partial charge on any atom is 0.281 e. The second-order valence-corrected chi connectivity index (χ2v) is 6.45. The SMILES string of the molecule is O=c1nc2n(c3ccccc13)CCC2=Cc1cc(Br)ccc1O. The molecular weight excluding hydrogens is 356 g/mol. The molecule has 1 aliphatic rings. The first-order valence-corrected chi connectivity index (χ1v) is 8.12. The molecule has 0 saturated heterocycles. The molecule has 2 aromatic carbocycles. The molecule has 5 heteroatoms. The van der Waals surface area contributed by atoms with Crippen LogP contribution in [0.15, 0.2) is 51.7 Å². The van der Waals surface area contributed by atoms with E-state index in [4.69, 9.17) is 0 Å². The van der Waals surface area contributed by atoms with Crippen LogP contribution in [0.4, 0.5) is 0 Å². The van der Waals surface area contributed by atoms with Crippen molar-refractivity contribution in [3.63, 3.8) is 0 Å². The number of phenols is 1. The molecule has 4 rings (SSSR count). The number of nitrogens with zero attached hydrogens (tertiary/aromatic N) is 2. The van der Waals surface area contributed by atoms with Crippen LogP contribution in [0, 0.1) is 0 Å². The van der Waals surface area contributed by atoms with Gasteiger partial charge in [-0.2, -0.15) is 4.98 Å². The highest BCUT2D eigenvalue weighted by Gasteiger charge is 2.20. The molecule has 1 N–H and O–H groups in total. The fourth-order valence-electron chi connectivity index (χ4n) is 3.00. The van der Waals surface area contributed by atoms with E-state index in [1.54, 1.807) is 18.2 Å². The molecule has 0 fully saturated rings. The molecule has 1 aromatic heterocycles. The third-order valence-electron chi connectivity index (χ3n) is 4.10. The van der Waals surface area contributed by atoms with Crippen LogP contribution in [0.3, 0.4) is 0 Å². The Hall–Kier alpha value is -2.40. The maximum atomic E-state index is 12.2. The lowest BCUT2D eigenvalue weighted by Crippen LogP contribution is -2.14. The monoisotopic (exact) mass is 368 g/mol. The zero-order chi connectivity index (χ0) is 16.0. The van der Waals surface area contributed by atoms with Gasteiger partial charge in [-0.3, -0.25) is 4.79 Å². The highest BCUT2D eigenvalue weighted by molar-refractivity contribution is 9.10. The standard InChI is InChI=1S/C18H13BrN2O2/c19-13-5-6-16(22)12(10-13)9-11-7-8-21-15-4-2-1-3-14(15)18(23)20-17(11)21/h1-6,9-10,22H,7-8H2. The Morgan fingerprint density at radius 2 is 2.04 bits per heavy atom. The average Bonchev–Trinajstić information content (AvgIpc) is 2.94. The van der Waals surface area contributed by atoms with Crippen molar-refractivity contribution in [2.75, 3.05) is 0 Å². The van der Waals surface area contributed by atoms with Gasteiger partial charge in [0.25, 0.3) is 5.56 Å². The smallest absolute Gasteiger partial charge is 0.281 e. The normalized spacial score (nSPS) is 15.3. The molecule has 0 bridgehead atoms. The first-order valence-electron chi connectivity index (χ1n) is 7.32. The van der Waals surface area contributed by atoms with Gasteiger partial charge in [0.2, 0.25) is 0 Å². The predicted octanol–water partition coefficient (Wildman–Crippen LogP) is 3.81. The fourth-order valence-corrected chi connectivity index (χ4v) is 3.38. The van der Waals surface area contributed by atoms with Gasteiger partial charge in [0.05, 0.1) is 10.9 Å². The molecule has 0 spiro atoms. The summed E-state index contributed by atoms with van der Waals surface area (Å²) in [6.45, 7) is 0.781. The number of rotatable bonds is 1. The Morgan fingerprint density at radius 3 is 2.91 bits per heavy atom. The minimum Gasteiger partial charge on any atom is -0.507 e. The third kappa shape index (κ3) is 2.37. The number of aromatic nitrogens is 2. The molecule has 0 radical (unpaired) electrons. The zero-order valence-electron chi connectivity index (χ0n) is 12.2. The van der Waals surface area contributed by atoms with Crippen molar-refractivity contribution in [3.8, 4) is 5.75 Å². The number of para-hydroxylation sites is 1. The van der Waals surface area contributed by atoms with Gasteiger partial charge < -0.3 is 9.67 Å². The van der Waals surface area contributed by atoms with Crippen molar-refractivity contribution >= 4 is 38.5 Å². The molecule has 2 heterocycles. The zero-order valence-corrected chi connectivity index (χ0v) is 13.7. The van der Waals surface area contributed by atoms with Gasteiger partial charge in [-0.1, -0.05) is 28.1 Å². The molecule has 1 aliphatic heterocycles. The molecule has 114 valence electrons. The van der Waals surface area contributed by atoms with Crippen molar-refractivity contribution in [1.29, 1.82) is 0 Å². The van der Waals surface area contributed by atoms with Crippen LogP contribution in [0.1, 0.15) is 17.8 Å². The number of aromatic hydroxyl groups is 1. The topological polar surface area (TPSA) is 55.1 Å². The van der Waals surface area contributed by atoms with E-state index in [1.807, 2.05) is 30.3 Å².